The second-order valence-electron chi connectivity index (χ2n) is 47.1. The van der Waals surface area contributed by atoms with E-state index in [1.807, 2.05) is 12.1 Å². The van der Waals surface area contributed by atoms with E-state index in [1.54, 1.807) is 4.57 Å². The minimum absolute atomic E-state index is 0.00801. The van der Waals surface area contributed by atoms with Gasteiger partial charge < -0.3 is 18.9 Å². The highest BCUT2D eigenvalue weighted by Crippen LogP contribution is 2.58. The summed E-state index contributed by atoms with van der Waals surface area (Å²) in [7, 11) is 0. The zero-order valence-corrected chi connectivity index (χ0v) is 81.8. The number of rotatable bonds is 9. The molecule has 2 aliphatic rings. The Balaban J connectivity index is 1.17. The molecule has 0 unspecified atom stereocenters. The number of benzene rings is 14. The first-order valence-corrected chi connectivity index (χ1v) is 46.3. The number of anilines is 6. The van der Waals surface area contributed by atoms with Gasteiger partial charge in [-0.3, -0.25) is 0 Å². The second kappa shape index (κ2) is 30.5. The molecule has 4 heterocycles. The third-order valence-electron chi connectivity index (χ3n) is 27.4. The Hall–Kier alpha value is -11.7. The molecule has 0 aliphatic carbocycles. The van der Waals surface area contributed by atoms with E-state index in [0.29, 0.717) is 28.3 Å². The van der Waals surface area contributed by atoms with Gasteiger partial charge in [-0.15, -0.1) is 0 Å². The summed E-state index contributed by atoms with van der Waals surface area (Å²) in [5.74, 6) is 0. The Morgan fingerprint density at radius 2 is 0.566 bits per heavy atom. The minimum Gasteiger partial charge on any atom is -0.310 e. The Morgan fingerprint density at radius 1 is 0.217 bits per heavy atom. The van der Waals surface area contributed by atoms with Crippen LogP contribution in [-0.2, 0) is 54.1 Å². The van der Waals surface area contributed by atoms with Crippen molar-refractivity contribution in [2.24, 2.45) is 0 Å². The molecule has 0 amide bonds. The first-order chi connectivity index (χ1) is 65.7. The van der Waals surface area contributed by atoms with E-state index in [-0.39, 0.29) is 77.6 Å². The third kappa shape index (κ3) is 15.6. The molecule has 129 heavy (non-hydrogen) atoms. The molecule has 16 aromatic rings. The maximum absolute atomic E-state index is 10.6. The van der Waals surface area contributed by atoms with Crippen LogP contribution < -0.4 is 26.2 Å². The molecule has 0 N–H and O–H groups in total. The van der Waals surface area contributed by atoms with Crippen LogP contribution in [0, 0.1) is 0 Å². The predicted octanol–water partition coefficient (Wildman–Crippen LogP) is 33.3. The van der Waals surface area contributed by atoms with E-state index in [1.165, 1.54) is 11.1 Å². The van der Waals surface area contributed by atoms with Crippen molar-refractivity contribution in [3.63, 3.8) is 0 Å². The standard InChI is InChI=1S/C124H135BN4/c1-115(2,3)80-49-44-77(45-50-80)93-68-86(121(19,20)21)70-98(90-58-53-85(120(16,17)18)72-101(90)124(28,29)30)113(93)128-108-64-79(76-38-32-31-33-39-76)48-60-102(108)125-103-61-57-88(126-106-62-55-83(118(10,11)12)66-96(106)97-67-84(119(13,14)15)56-63-107(97)126)73-109(103)129(111-75-89(74-110(128)112(111)125)127-104-42-36-34-40-91(104)92-41-35-37-43-105(92)127)114-94(78-46-51-81(52-47-78)116(4,5)6)69-87(122(22,23)24)71-99(114)95-65-82(117(7,8)9)54-59-100(95)123(25,26)27/h31-75H,1-30H3/i31D,32D,33D,34D,35D,36D,37D,38D,39D,40D,41D,42D,43D. The molecule has 18 rings (SSSR count). The van der Waals surface area contributed by atoms with Gasteiger partial charge in [0.15, 0.2) is 0 Å². The summed E-state index contributed by atoms with van der Waals surface area (Å²) >= 11 is 0. The van der Waals surface area contributed by atoms with Crippen LogP contribution in [0.4, 0.5) is 34.1 Å². The van der Waals surface area contributed by atoms with Gasteiger partial charge in [0.25, 0.3) is 6.71 Å². The Labute approximate surface area is 790 Å². The smallest absolute Gasteiger partial charge is 0.252 e. The molecule has 0 radical (unpaired) electrons. The normalized spacial score (nSPS) is 15.2. The molecule has 2 aromatic heterocycles. The SMILES string of the molecule is [2H]c1c([2H])c([2H])c(-c2ccc3c(c2)N(c2c(-c4ccc(C(C)(C)C)cc4)cc(C(C)(C)C)cc2-c2ccc(C(C)(C)C)cc2C(C)(C)C)c2cc(-n4c5c([2H])c([2H])c([2H])c([2H])c5c5c([2H])c([2H])c([2H])c([2H])c54)cc4c2B3c2ccc(-n3c5ccc(C(C)(C)C)cc5c5cc(C(C)(C)C)ccc53)cc2N4c2c(-c3ccc(C(C)(C)C)cc3)cc(C(C)(C)C)cc2-c2cc(C(C)(C)C)ccc2C(C)(C)C)c([2H])c1[2H]. The van der Waals surface area contributed by atoms with Gasteiger partial charge in [0.05, 0.1) is 56.9 Å². The van der Waals surface area contributed by atoms with Crippen molar-refractivity contribution in [1.29, 1.82) is 0 Å². The topological polar surface area (TPSA) is 16.3 Å². The predicted molar refractivity (Wildman–Crippen MR) is 563 cm³/mol. The second-order valence-corrected chi connectivity index (χ2v) is 47.1. The average molecular weight is 1710 g/mol. The zero-order chi connectivity index (χ0) is 104. The van der Waals surface area contributed by atoms with Crippen molar-refractivity contribution in [2.45, 2.75) is 262 Å². The molecule has 2 aliphatic heterocycles. The summed E-state index contributed by atoms with van der Waals surface area (Å²) < 4.78 is 133. The van der Waals surface area contributed by atoms with Gasteiger partial charge in [0.1, 0.15) is 0 Å². The molecule has 654 valence electrons. The maximum Gasteiger partial charge on any atom is 0.252 e. The number of hydrogen-bond acceptors (Lipinski definition) is 2. The van der Waals surface area contributed by atoms with Crippen LogP contribution in [0.3, 0.4) is 0 Å². The van der Waals surface area contributed by atoms with Crippen molar-refractivity contribution in [3.8, 4) is 67.0 Å². The van der Waals surface area contributed by atoms with E-state index in [4.69, 9.17) is 1.37 Å². The highest BCUT2D eigenvalue weighted by molar-refractivity contribution is 7.00. The number of hydrogen-bond donors (Lipinski definition) is 0. The molecule has 14 aromatic carbocycles. The number of fused-ring (bicyclic) bond motifs is 10. The van der Waals surface area contributed by atoms with Gasteiger partial charge in [-0.25, -0.2) is 0 Å². The highest BCUT2D eigenvalue weighted by atomic mass is 15.2. The molecule has 0 fully saturated rings. The van der Waals surface area contributed by atoms with Gasteiger partial charge in [-0.2, -0.15) is 0 Å². The van der Waals surface area contributed by atoms with E-state index >= 15 is 0 Å². The van der Waals surface area contributed by atoms with Crippen molar-refractivity contribution in [1.82, 2.24) is 9.13 Å². The molecular formula is C124H135BN4. The summed E-state index contributed by atoms with van der Waals surface area (Å²) in [5, 5.41) is 2.01. The lowest BCUT2D eigenvalue weighted by Gasteiger charge is -2.46. The summed E-state index contributed by atoms with van der Waals surface area (Å²) in [4.78, 5) is 4.84. The molecule has 0 saturated heterocycles. The lowest BCUT2D eigenvalue weighted by Crippen LogP contribution is -2.61. The first kappa shape index (κ1) is 73.2. The van der Waals surface area contributed by atoms with Crippen LogP contribution in [0.5, 0.6) is 0 Å². The van der Waals surface area contributed by atoms with Crippen molar-refractivity contribution in [3.05, 3.63) is 328 Å². The summed E-state index contributed by atoms with van der Waals surface area (Å²) in [6.07, 6.45) is 0. The van der Waals surface area contributed by atoms with Gasteiger partial charge >= 0.3 is 0 Å². The highest BCUT2D eigenvalue weighted by Gasteiger charge is 2.48. The van der Waals surface area contributed by atoms with Crippen molar-refractivity contribution < 1.29 is 17.8 Å². The average Bonchev–Trinajstić information content (AvgIpc) is 1.05. The Bertz CT molecular complexity index is 7840. The van der Waals surface area contributed by atoms with Crippen molar-refractivity contribution in [2.75, 3.05) is 9.80 Å². The van der Waals surface area contributed by atoms with E-state index in [0.717, 1.165) is 144 Å². The molecule has 0 spiro atoms. The lowest BCUT2D eigenvalue weighted by atomic mass is 9.33. The molecular weight excluding hydrogens is 1560 g/mol. The lowest BCUT2D eigenvalue weighted by molar-refractivity contribution is 0.569. The van der Waals surface area contributed by atoms with Crippen LogP contribution in [0.2, 0.25) is 0 Å². The fraction of sp³-hybridized carbons (Fsp3) is 0.323. The van der Waals surface area contributed by atoms with Gasteiger partial charge in [0.2, 0.25) is 0 Å². The van der Waals surface area contributed by atoms with Crippen molar-refractivity contribution >= 4 is 101 Å². The first-order valence-electron chi connectivity index (χ1n) is 52.8. The fourth-order valence-corrected chi connectivity index (χ4v) is 19.7. The van der Waals surface area contributed by atoms with E-state index in [2.05, 4.69) is 404 Å². The third-order valence-corrected chi connectivity index (χ3v) is 27.4. The quantitative estimate of drug-likeness (QED) is 0.134. The molecule has 5 heteroatoms. The number of aromatic nitrogens is 2. The van der Waals surface area contributed by atoms with Gasteiger partial charge in [0, 0.05) is 72.2 Å². The summed E-state index contributed by atoms with van der Waals surface area (Å²) in [6, 6.07) is 66.0. The largest absolute Gasteiger partial charge is 0.310 e. The van der Waals surface area contributed by atoms with Crippen LogP contribution in [0.15, 0.2) is 273 Å². The summed E-state index contributed by atoms with van der Waals surface area (Å²) in [6.45, 7) is 67.0. The molecule has 0 saturated carbocycles. The maximum atomic E-state index is 10.6. The van der Waals surface area contributed by atoms with E-state index in [9.17, 15) is 16.4 Å². The van der Waals surface area contributed by atoms with Crippen LogP contribution in [0.25, 0.3) is 111 Å². The summed E-state index contributed by atoms with van der Waals surface area (Å²) in [5.41, 5.74) is 24.4. The van der Waals surface area contributed by atoms with Gasteiger partial charge in [-0.05, 0) is 251 Å². The van der Waals surface area contributed by atoms with Crippen LogP contribution >= 0.6 is 0 Å². The Morgan fingerprint density at radius 3 is 1.02 bits per heavy atom. The van der Waals surface area contributed by atoms with Gasteiger partial charge in [-0.1, -0.05) is 389 Å². The number of nitrogens with zero attached hydrogens (tertiary/aromatic N) is 4. The minimum atomic E-state index is -0.807. The van der Waals surface area contributed by atoms with E-state index < -0.39 is 94.8 Å². The van der Waals surface area contributed by atoms with Crippen LogP contribution in [0.1, 0.15) is 281 Å². The number of para-hydroxylation sites is 2. The molecule has 0 atom stereocenters. The zero-order valence-electron chi connectivity index (χ0n) is 94.8. The molecule has 4 nitrogen and oxygen atoms in total. The monoisotopic (exact) mass is 1700 g/mol. The van der Waals surface area contributed by atoms with Crippen LogP contribution in [-0.4, -0.2) is 15.8 Å². The molecule has 0 bridgehead atoms. The fourth-order valence-electron chi connectivity index (χ4n) is 19.7. The Kier molecular flexibility index (Phi) is 17.3.